The van der Waals surface area contributed by atoms with Gasteiger partial charge in [0.2, 0.25) is 0 Å². The van der Waals surface area contributed by atoms with Gasteiger partial charge in [-0.15, -0.1) is 5.10 Å². The number of hydrogen-bond donors (Lipinski definition) is 1. The molecule has 0 radical (unpaired) electrons. The highest BCUT2D eigenvalue weighted by Crippen LogP contribution is 2.10. The van der Waals surface area contributed by atoms with Crippen LogP contribution in [0.1, 0.15) is 39.1 Å². The fourth-order valence-corrected chi connectivity index (χ4v) is 2.81. The predicted octanol–water partition coefficient (Wildman–Crippen LogP) is 1.67. The minimum absolute atomic E-state index is 0.241. The molecule has 3 rings (SSSR count). The van der Waals surface area contributed by atoms with Crippen LogP contribution in [0.2, 0.25) is 0 Å². The van der Waals surface area contributed by atoms with Crippen LogP contribution in [0, 0.1) is 20.8 Å². The number of carbonyl (C=O) groups is 1. The maximum Gasteiger partial charge on any atom is 0.273 e. The first-order chi connectivity index (χ1) is 11.5. The zero-order valence-corrected chi connectivity index (χ0v) is 14.6. The number of rotatable bonds is 6. The summed E-state index contributed by atoms with van der Waals surface area (Å²) in [7, 11) is 0. The van der Waals surface area contributed by atoms with Gasteiger partial charge in [0.25, 0.3) is 5.91 Å². The lowest BCUT2D eigenvalue weighted by molar-refractivity contribution is 0.0948. The fraction of sp³-hybridized carbons (Fsp3) is 0.400. The first-order valence-electron chi connectivity index (χ1n) is 7.56. The molecule has 9 heteroatoms. The van der Waals surface area contributed by atoms with Crippen LogP contribution in [0.15, 0.2) is 16.5 Å². The number of nitrogens with zero attached hydrogens (tertiary/aromatic N) is 5. The fourth-order valence-electron chi connectivity index (χ4n) is 2.26. The van der Waals surface area contributed by atoms with E-state index in [4.69, 9.17) is 4.42 Å². The Balaban J connectivity index is 1.60. The van der Waals surface area contributed by atoms with Crippen LogP contribution in [-0.2, 0) is 13.0 Å². The number of nitrogens with one attached hydrogen (secondary N) is 1. The van der Waals surface area contributed by atoms with E-state index < -0.39 is 0 Å². The first kappa shape index (κ1) is 16.3. The molecule has 8 nitrogen and oxygen atoms in total. The molecule has 24 heavy (non-hydrogen) atoms. The van der Waals surface area contributed by atoms with E-state index in [1.54, 1.807) is 4.68 Å². The van der Waals surface area contributed by atoms with Gasteiger partial charge in [-0.1, -0.05) is 5.21 Å². The van der Waals surface area contributed by atoms with Crippen LogP contribution in [0.5, 0.6) is 0 Å². The van der Waals surface area contributed by atoms with E-state index in [0.717, 1.165) is 22.9 Å². The summed E-state index contributed by atoms with van der Waals surface area (Å²) >= 11 is 1.17. The van der Waals surface area contributed by atoms with Crippen molar-refractivity contribution in [2.75, 3.05) is 6.54 Å². The van der Waals surface area contributed by atoms with Crippen molar-refractivity contribution in [2.24, 2.45) is 0 Å². The van der Waals surface area contributed by atoms with E-state index in [1.807, 2.05) is 32.9 Å². The average molecular weight is 346 g/mol. The number of furan rings is 1. The zero-order valence-electron chi connectivity index (χ0n) is 13.7. The van der Waals surface area contributed by atoms with E-state index >= 15 is 0 Å². The van der Waals surface area contributed by atoms with Gasteiger partial charge >= 0.3 is 0 Å². The van der Waals surface area contributed by atoms with E-state index in [0.29, 0.717) is 30.9 Å². The van der Waals surface area contributed by atoms with Crippen LogP contribution < -0.4 is 5.32 Å². The van der Waals surface area contributed by atoms with Gasteiger partial charge in [0.1, 0.15) is 11.5 Å². The second-order valence-electron chi connectivity index (χ2n) is 5.50. The van der Waals surface area contributed by atoms with Gasteiger partial charge in [-0.3, -0.25) is 4.79 Å². The molecule has 1 amide bonds. The number of carbonyl (C=O) groups excluding carboxylic acids is 1. The number of hydrogen-bond acceptors (Lipinski definition) is 7. The summed E-state index contributed by atoms with van der Waals surface area (Å²) < 4.78 is 15.5. The van der Waals surface area contributed by atoms with Crippen molar-refractivity contribution in [1.29, 1.82) is 0 Å². The van der Waals surface area contributed by atoms with Crippen LogP contribution >= 0.6 is 11.7 Å². The molecule has 0 saturated carbocycles. The molecule has 0 aromatic carbocycles. The summed E-state index contributed by atoms with van der Waals surface area (Å²) in [6.07, 6.45) is 0.635. The Morgan fingerprint density at radius 3 is 2.79 bits per heavy atom. The minimum Gasteiger partial charge on any atom is -0.466 e. The second-order valence-corrected chi connectivity index (χ2v) is 6.02. The molecule has 0 bridgehead atoms. The topological polar surface area (TPSA) is 98.7 Å². The summed E-state index contributed by atoms with van der Waals surface area (Å²) in [5.74, 6) is 1.47. The lowest BCUT2D eigenvalue weighted by atomic mass is 10.3. The van der Waals surface area contributed by atoms with Crippen LogP contribution in [-0.4, -0.2) is 36.2 Å². The smallest absolute Gasteiger partial charge is 0.273 e. The van der Waals surface area contributed by atoms with E-state index in [-0.39, 0.29) is 5.91 Å². The Kier molecular flexibility index (Phi) is 4.70. The molecule has 3 heterocycles. The first-order valence-corrected chi connectivity index (χ1v) is 8.29. The normalized spacial score (nSPS) is 11.0. The molecule has 126 valence electrons. The Morgan fingerprint density at radius 1 is 1.29 bits per heavy atom. The van der Waals surface area contributed by atoms with Gasteiger partial charge in [-0.25, -0.2) is 4.68 Å². The highest BCUT2D eigenvalue weighted by atomic mass is 32.1. The lowest BCUT2D eigenvalue weighted by Crippen LogP contribution is -2.26. The summed E-state index contributed by atoms with van der Waals surface area (Å²) in [6.45, 7) is 6.55. The van der Waals surface area contributed by atoms with Gasteiger partial charge in [0, 0.05) is 13.0 Å². The SMILES string of the molecule is Cc1ccc(CCNC(=O)c2nnn(Cc3nsnc3C)c2C)o1. The molecule has 0 aliphatic carbocycles. The van der Waals surface area contributed by atoms with Crippen molar-refractivity contribution in [3.05, 3.63) is 46.4 Å². The molecular weight excluding hydrogens is 328 g/mol. The van der Waals surface area contributed by atoms with Crippen LogP contribution in [0.4, 0.5) is 0 Å². The third-order valence-corrected chi connectivity index (χ3v) is 4.35. The van der Waals surface area contributed by atoms with Gasteiger partial charge in [-0.2, -0.15) is 8.75 Å². The summed E-state index contributed by atoms with van der Waals surface area (Å²) in [5.41, 5.74) is 2.74. The van der Waals surface area contributed by atoms with Gasteiger partial charge in [0.05, 0.1) is 35.4 Å². The van der Waals surface area contributed by atoms with E-state index in [1.165, 1.54) is 11.7 Å². The predicted molar refractivity (Wildman–Crippen MR) is 88.0 cm³/mol. The summed E-state index contributed by atoms with van der Waals surface area (Å²) in [5, 5.41) is 10.9. The maximum atomic E-state index is 12.3. The van der Waals surface area contributed by atoms with Crippen molar-refractivity contribution in [3.63, 3.8) is 0 Å². The number of aromatic nitrogens is 5. The van der Waals surface area contributed by atoms with Crippen molar-refractivity contribution in [2.45, 2.75) is 33.7 Å². The molecule has 0 atom stereocenters. The molecule has 3 aromatic heterocycles. The largest absolute Gasteiger partial charge is 0.466 e. The van der Waals surface area contributed by atoms with Gasteiger partial charge in [-0.05, 0) is 32.9 Å². The lowest BCUT2D eigenvalue weighted by Gasteiger charge is -2.04. The van der Waals surface area contributed by atoms with Crippen molar-refractivity contribution >= 4 is 17.6 Å². The zero-order chi connectivity index (χ0) is 17.1. The molecular formula is C15H18N6O2S. The molecule has 3 aromatic rings. The second kappa shape index (κ2) is 6.91. The Bertz CT molecular complexity index is 850. The number of aryl methyl sites for hydroxylation is 2. The monoisotopic (exact) mass is 346 g/mol. The molecule has 0 aliphatic heterocycles. The van der Waals surface area contributed by atoms with Gasteiger partial charge < -0.3 is 9.73 Å². The molecule has 0 unspecified atom stereocenters. The Morgan fingerprint density at radius 2 is 2.12 bits per heavy atom. The van der Waals surface area contributed by atoms with Crippen molar-refractivity contribution in [3.8, 4) is 0 Å². The number of amides is 1. The minimum atomic E-state index is -0.241. The van der Waals surface area contributed by atoms with Crippen LogP contribution in [0.3, 0.4) is 0 Å². The average Bonchev–Trinajstić information content (AvgIpc) is 3.23. The molecule has 0 fully saturated rings. The standard InChI is InChI=1S/C15H18N6O2S/c1-9-4-5-12(23-9)6-7-16-15(22)14-11(3)21(20-17-14)8-13-10(2)18-24-19-13/h4-5H,6-8H2,1-3H3,(H,16,22). The molecule has 0 spiro atoms. The molecule has 1 N–H and O–H groups in total. The molecule has 0 aliphatic rings. The van der Waals surface area contributed by atoms with E-state index in [9.17, 15) is 4.79 Å². The third-order valence-electron chi connectivity index (χ3n) is 3.70. The Hall–Kier alpha value is -2.55. The highest BCUT2D eigenvalue weighted by Gasteiger charge is 2.17. The maximum absolute atomic E-state index is 12.3. The van der Waals surface area contributed by atoms with Crippen LogP contribution in [0.25, 0.3) is 0 Å². The summed E-state index contributed by atoms with van der Waals surface area (Å²) in [6, 6.07) is 3.81. The van der Waals surface area contributed by atoms with Crippen molar-refractivity contribution in [1.82, 2.24) is 29.1 Å². The summed E-state index contributed by atoms with van der Waals surface area (Å²) in [4.78, 5) is 12.3. The Labute approximate surface area is 143 Å². The molecule has 0 saturated heterocycles. The quantitative estimate of drug-likeness (QED) is 0.729. The van der Waals surface area contributed by atoms with Crippen molar-refractivity contribution < 1.29 is 9.21 Å². The van der Waals surface area contributed by atoms with E-state index in [2.05, 4.69) is 24.4 Å². The third kappa shape index (κ3) is 3.51. The van der Waals surface area contributed by atoms with Gasteiger partial charge in [0.15, 0.2) is 5.69 Å². The highest BCUT2D eigenvalue weighted by molar-refractivity contribution is 6.99.